The summed E-state index contributed by atoms with van der Waals surface area (Å²) in [5.74, 6) is 1.89. The summed E-state index contributed by atoms with van der Waals surface area (Å²) in [6.07, 6.45) is 0. The first-order valence-electron chi connectivity index (χ1n) is 19.0. The molecule has 0 bridgehead atoms. The highest BCUT2D eigenvalue weighted by molar-refractivity contribution is 7.25. The number of hydrogen-bond donors (Lipinski definition) is 0. The van der Waals surface area contributed by atoms with Crippen molar-refractivity contribution in [1.29, 1.82) is 0 Å². The second kappa shape index (κ2) is 12.6. The Kier molecular flexibility index (Phi) is 7.03. The number of thiophene rings is 1. The second-order valence-corrected chi connectivity index (χ2v) is 15.5. The van der Waals surface area contributed by atoms with E-state index in [0.29, 0.717) is 17.5 Å². The third-order valence-electron chi connectivity index (χ3n) is 11.1. The van der Waals surface area contributed by atoms with Gasteiger partial charge < -0.3 is 8.98 Å². The van der Waals surface area contributed by atoms with Crippen molar-refractivity contribution < 1.29 is 4.42 Å². The number of hydrogen-bond acceptors (Lipinski definition) is 5. The van der Waals surface area contributed by atoms with E-state index in [4.69, 9.17) is 19.4 Å². The molecule has 0 spiro atoms. The Morgan fingerprint density at radius 1 is 0.386 bits per heavy atom. The van der Waals surface area contributed by atoms with Crippen LogP contribution in [0, 0.1) is 0 Å². The van der Waals surface area contributed by atoms with Gasteiger partial charge in [0.15, 0.2) is 17.5 Å². The highest BCUT2D eigenvalue weighted by Crippen LogP contribution is 2.41. The van der Waals surface area contributed by atoms with Crippen LogP contribution in [0.3, 0.4) is 0 Å². The molecule has 0 fully saturated rings. The molecule has 266 valence electrons. The monoisotopic (exact) mass is 746 g/mol. The minimum atomic E-state index is 0.615. The molecule has 0 unspecified atom stereocenters. The van der Waals surface area contributed by atoms with E-state index in [0.717, 1.165) is 49.9 Å². The van der Waals surface area contributed by atoms with Crippen molar-refractivity contribution in [3.8, 4) is 51.0 Å². The molecule has 0 aliphatic carbocycles. The molecular formula is C51H30N4OS. The maximum Gasteiger partial charge on any atom is 0.164 e. The van der Waals surface area contributed by atoms with Crippen LogP contribution in [-0.2, 0) is 0 Å². The van der Waals surface area contributed by atoms with Crippen molar-refractivity contribution in [1.82, 2.24) is 19.5 Å². The van der Waals surface area contributed by atoms with Gasteiger partial charge in [-0.15, -0.1) is 11.3 Å². The van der Waals surface area contributed by atoms with Crippen molar-refractivity contribution in [2.24, 2.45) is 0 Å². The van der Waals surface area contributed by atoms with E-state index in [1.165, 1.54) is 47.5 Å². The Morgan fingerprint density at radius 2 is 1.02 bits per heavy atom. The van der Waals surface area contributed by atoms with E-state index in [-0.39, 0.29) is 0 Å². The molecule has 6 heteroatoms. The minimum Gasteiger partial charge on any atom is -0.456 e. The Hall–Kier alpha value is -7.41. The number of benzene rings is 8. The summed E-state index contributed by atoms with van der Waals surface area (Å²) in [4.78, 5) is 15.2. The van der Waals surface area contributed by atoms with E-state index < -0.39 is 0 Å². The molecule has 12 aromatic rings. The number of furan rings is 1. The van der Waals surface area contributed by atoms with Gasteiger partial charge in [-0.1, -0.05) is 115 Å². The maximum atomic E-state index is 6.57. The molecule has 4 heterocycles. The highest BCUT2D eigenvalue weighted by atomic mass is 32.1. The summed E-state index contributed by atoms with van der Waals surface area (Å²) >= 11 is 1.79. The number of fused-ring (bicyclic) bond motifs is 9. The van der Waals surface area contributed by atoms with Crippen LogP contribution >= 0.6 is 11.3 Å². The Bertz CT molecular complexity index is 3530. The molecule has 0 saturated heterocycles. The zero-order valence-corrected chi connectivity index (χ0v) is 31.2. The summed E-state index contributed by atoms with van der Waals surface area (Å²) in [6.45, 7) is 0. The summed E-state index contributed by atoms with van der Waals surface area (Å²) in [5, 5.41) is 7.02. The number of nitrogens with zero attached hydrogens (tertiary/aromatic N) is 4. The van der Waals surface area contributed by atoms with Crippen molar-refractivity contribution in [3.05, 3.63) is 182 Å². The molecule has 0 amide bonds. The Labute approximate surface area is 330 Å². The topological polar surface area (TPSA) is 56.7 Å². The lowest BCUT2D eigenvalue weighted by Gasteiger charge is -2.09. The Morgan fingerprint density at radius 3 is 1.86 bits per heavy atom. The van der Waals surface area contributed by atoms with Crippen LogP contribution in [0.5, 0.6) is 0 Å². The summed E-state index contributed by atoms with van der Waals surface area (Å²) < 4.78 is 11.4. The van der Waals surface area contributed by atoms with Gasteiger partial charge in [0, 0.05) is 64.1 Å². The highest BCUT2D eigenvalue weighted by Gasteiger charge is 2.19. The second-order valence-electron chi connectivity index (χ2n) is 14.4. The first-order chi connectivity index (χ1) is 28.2. The molecule has 5 nitrogen and oxygen atoms in total. The first-order valence-corrected chi connectivity index (χ1v) is 19.8. The molecule has 12 rings (SSSR count). The average Bonchev–Trinajstić information content (AvgIpc) is 3.95. The number of para-hydroxylation sites is 2. The Balaban J connectivity index is 0.989. The van der Waals surface area contributed by atoms with Crippen molar-refractivity contribution in [2.45, 2.75) is 0 Å². The summed E-state index contributed by atoms with van der Waals surface area (Å²) in [7, 11) is 0. The van der Waals surface area contributed by atoms with E-state index in [1.807, 2.05) is 42.5 Å². The predicted molar refractivity (Wildman–Crippen MR) is 236 cm³/mol. The smallest absolute Gasteiger partial charge is 0.164 e. The van der Waals surface area contributed by atoms with Gasteiger partial charge >= 0.3 is 0 Å². The van der Waals surface area contributed by atoms with E-state index in [1.54, 1.807) is 11.3 Å². The SMILES string of the molecule is c1ccc(-c2nc(-c3ccc4c(c3)sc3ccccc34)nc(-c3ccc4oc5cc(-c6cccc7c6c6ccccc6n7-c6ccccc6)ccc5c4c3)n2)cc1. The lowest BCUT2D eigenvalue weighted by molar-refractivity contribution is 0.669. The number of aromatic nitrogens is 4. The van der Waals surface area contributed by atoms with Gasteiger partial charge in [0.2, 0.25) is 0 Å². The van der Waals surface area contributed by atoms with Crippen LogP contribution in [0.4, 0.5) is 0 Å². The lowest BCUT2D eigenvalue weighted by atomic mass is 9.98. The largest absolute Gasteiger partial charge is 0.456 e. The van der Waals surface area contributed by atoms with Gasteiger partial charge in [0.05, 0.1) is 11.0 Å². The van der Waals surface area contributed by atoms with Crippen LogP contribution in [0.25, 0.3) is 115 Å². The normalized spacial score (nSPS) is 11.9. The minimum absolute atomic E-state index is 0.615. The van der Waals surface area contributed by atoms with Gasteiger partial charge in [-0.25, -0.2) is 15.0 Å². The predicted octanol–water partition coefficient (Wildman–Crippen LogP) is 13.9. The fourth-order valence-electron chi connectivity index (χ4n) is 8.41. The van der Waals surface area contributed by atoms with Gasteiger partial charge in [0.1, 0.15) is 11.2 Å². The molecule has 4 aromatic heterocycles. The zero-order chi connectivity index (χ0) is 37.5. The van der Waals surface area contributed by atoms with E-state index >= 15 is 0 Å². The first kappa shape index (κ1) is 31.9. The van der Waals surface area contributed by atoms with Gasteiger partial charge in [0.25, 0.3) is 0 Å². The lowest BCUT2D eigenvalue weighted by Crippen LogP contribution is -2.00. The molecule has 8 aromatic carbocycles. The van der Waals surface area contributed by atoms with Crippen molar-refractivity contribution in [2.75, 3.05) is 0 Å². The molecule has 0 atom stereocenters. The number of rotatable bonds is 5. The molecule has 0 N–H and O–H groups in total. The van der Waals surface area contributed by atoms with E-state index in [2.05, 4.69) is 144 Å². The van der Waals surface area contributed by atoms with Gasteiger partial charge in [-0.3, -0.25) is 0 Å². The fraction of sp³-hybridized carbons (Fsp3) is 0. The molecule has 0 radical (unpaired) electrons. The third-order valence-corrected chi connectivity index (χ3v) is 12.2. The molecule has 0 aliphatic heterocycles. The van der Waals surface area contributed by atoms with Crippen LogP contribution in [0.1, 0.15) is 0 Å². The van der Waals surface area contributed by atoms with Crippen LogP contribution in [0.2, 0.25) is 0 Å². The van der Waals surface area contributed by atoms with Crippen molar-refractivity contribution in [3.63, 3.8) is 0 Å². The van der Waals surface area contributed by atoms with Crippen LogP contribution in [0.15, 0.2) is 186 Å². The zero-order valence-electron chi connectivity index (χ0n) is 30.4. The maximum absolute atomic E-state index is 6.57. The summed E-state index contributed by atoms with van der Waals surface area (Å²) in [5.41, 5.74) is 10.2. The standard InChI is InChI=1S/C51H30N4OS/c1-3-12-31(13-4-1)49-52-50(54-51(53-49)34-23-26-39-38-16-8-10-21-46(38)57-47(39)30-34)33-24-27-44-41(28-33)37-25-22-32(29-45(37)56-44)36-18-11-20-43-48(36)40-17-7-9-19-42(40)55(43)35-14-5-2-6-15-35/h1-30H. The summed E-state index contributed by atoms with van der Waals surface area (Å²) in [6, 6.07) is 63.8. The van der Waals surface area contributed by atoms with Gasteiger partial charge in [-0.2, -0.15) is 0 Å². The molecule has 0 saturated carbocycles. The molecular weight excluding hydrogens is 717 g/mol. The van der Waals surface area contributed by atoms with Crippen molar-refractivity contribution >= 4 is 75.3 Å². The molecule has 57 heavy (non-hydrogen) atoms. The quantitative estimate of drug-likeness (QED) is 0.176. The van der Waals surface area contributed by atoms with Gasteiger partial charge in [-0.05, 0) is 77.9 Å². The fourth-order valence-corrected chi connectivity index (χ4v) is 9.56. The third kappa shape index (κ3) is 5.12. The van der Waals surface area contributed by atoms with Crippen LogP contribution < -0.4 is 0 Å². The molecule has 0 aliphatic rings. The van der Waals surface area contributed by atoms with E-state index in [9.17, 15) is 0 Å². The average molecular weight is 747 g/mol. The van der Waals surface area contributed by atoms with Crippen LogP contribution in [-0.4, -0.2) is 19.5 Å².